The van der Waals surface area contributed by atoms with Crippen molar-refractivity contribution in [3.8, 4) is 0 Å². The van der Waals surface area contributed by atoms with E-state index in [9.17, 15) is 4.79 Å². The van der Waals surface area contributed by atoms with Gasteiger partial charge in [0, 0.05) is 19.5 Å². The lowest BCUT2D eigenvalue weighted by Gasteiger charge is -2.14. The fourth-order valence-electron chi connectivity index (χ4n) is 2.02. The number of hydrogen-bond donors (Lipinski definition) is 2. The molecule has 2 heterocycles. The standard InChI is InChI=1S/C11H19N5O2/c12-9(17)8-18-6-4-13-7-11-15-14-10-3-1-2-5-16(10)11/h13H,1-8H2,(H2,12,17). The lowest BCUT2D eigenvalue weighted by Crippen LogP contribution is -2.25. The maximum atomic E-state index is 10.4. The molecule has 0 saturated heterocycles. The second kappa shape index (κ2) is 6.46. The molecule has 0 atom stereocenters. The smallest absolute Gasteiger partial charge is 0.243 e. The molecule has 0 aliphatic carbocycles. The average Bonchev–Trinajstić information content (AvgIpc) is 2.77. The van der Waals surface area contributed by atoms with E-state index in [-0.39, 0.29) is 6.61 Å². The highest BCUT2D eigenvalue weighted by Crippen LogP contribution is 2.13. The second-order valence-electron chi connectivity index (χ2n) is 4.34. The van der Waals surface area contributed by atoms with Gasteiger partial charge in [-0.25, -0.2) is 0 Å². The normalized spacial score (nSPS) is 14.4. The summed E-state index contributed by atoms with van der Waals surface area (Å²) in [6.45, 7) is 2.78. The maximum absolute atomic E-state index is 10.4. The largest absolute Gasteiger partial charge is 0.370 e. The van der Waals surface area contributed by atoms with Gasteiger partial charge < -0.3 is 20.4 Å². The highest BCUT2D eigenvalue weighted by molar-refractivity contribution is 5.74. The molecule has 1 aliphatic rings. The van der Waals surface area contributed by atoms with Crippen LogP contribution in [0.4, 0.5) is 0 Å². The molecule has 7 heteroatoms. The van der Waals surface area contributed by atoms with E-state index in [0.717, 1.165) is 24.6 Å². The zero-order chi connectivity index (χ0) is 12.8. The summed E-state index contributed by atoms with van der Waals surface area (Å²) in [6.07, 6.45) is 3.42. The van der Waals surface area contributed by atoms with E-state index in [2.05, 4.69) is 20.1 Å². The van der Waals surface area contributed by atoms with Gasteiger partial charge in [-0.2, -0.15) is 0 Å². The van der Waals surface area contributed by atoms with E-state index in [4.69, 9.17) is 10.5 Å². The number of aromatic nitrogens is 3. The van der Waals surface area contributed by atoms with Gasteiger partial charge in [-0.15, -0.1) is 10.2 Å². The monoisotopic (exact) mass is 253 g/mol. The SMILES string of the molecule is NC(=O)COCCNCc1nnc2n1CCCC2. The number of nitrogens with zero attached hydrogens (tertiary/aromatic N) is 3. The summed E-state index contributed by atoms with van der Waals surface area (Å²) in [4.78, 5) is 10.4. The molecule has 3 N–H and O–H groups in total. The second-order valence-corrected chi connectivity index (χ2v) is 4.34. The minimum atomic E-state index is -0.443. The lowest BCUT2D eigenvalue weighted by molar-refractivity contribution is -0.122. The first-order valence-electron chi connectivity index (χ1n) is 6.25. The topological polar surface area (TPSA) is 95.1 Å². The molecule has 1 amide bonds. The Balaban J connectivity index is 1.67. The molecule has 0 fully saturated rings. The third kappa shape index (κ3) is 3.51. The minimum Gasteiger partial charge on any atom is -0.370 e. The number of primary amides is 1. The van der Waals surface area contributed by atoms with E-state index in [1.807, 2.05) is 0 Å². The fourth-order valence-corrected chi connectivity index (χ4v) is 2.02. The Labute approximate surface area is 106 Å². The number of aryl methyl sites for hydroxylation is 1. The summed E-state index contributed by atoms with van der Waals surface area (Å²) in [5, 5.41) is 11.6. The summed E-state index contributed by atoms with van der Waals surface area (Å²) in [5.74, 6) is 1.61. The summed E-state index contributed by atoms with van der Waals surface area (Å²) in [7, 11) is 0. The van der Waals surface area contributed by atoms with Crippen molar-refractivity contribution in [3.63, 3.8) is 0 Å². The highest BCUT2D eigenvalue weighted by Gasteiger charge is 2.14. The van der Waals surface area contributed by atoms with Crippen molar-refractivity contribution >= 4 is 5.91 Å². The molecule has 0 saturated carbocycles. The summed E-state index contributed by atoms with van der Waals surface area (Å²) in [5.41, 5.74) is 4.95. The molecule has 2 rings (SSSR count). The van der Waals surface area contributed by atoms with Crippen molar-refractivity contribution in [1.29, 1.82) is 0 Å². The molecule has 0 bridgehead atoms. The molecular formula is C11H19N5O2. The van der Waals surface area contributed by atoms with Crippen LogP contribution in [0.15, 0.2) is 0 Å². The average molecular weight is 253 g/mol. The van der Waals surface area contributed by atoms with Gasteiger partial charge in [0.1, 0.15) is 18.3 Å². The van der Waals surface area contributed by atoms with Gasteiger partial charge in [-0.05, 0) is 12.8 Å². The van der Waals surface area contributed by atoms with Gasteiger partial charge >= 0.3 is 0 Å². The zero-order valence-corrected chi connectivity index (χ0v) is 10.4. The van der Waals surface area contributed by atoms with E-state index in [1.165, 1.54) is 12.8 Å². The van der Waals surface area contributed by atoms with Crippen molar-refractivity contribution in [2.75, 3.05) is 19.8 Å². The van der Waals surface area contributed by atoms with E-state index >= 15 is 0 Å². The molecule has 1 aromatic rings. The number of nitrogens with one attached hydrogen (secondary N) is 1. The summed E-state index contributed by atoms with van der Waals surface area (Å²) >= 11 is 0. The Bertz CT molecular complexity index is 404. The van der Waals surface area contributed by atoms with Crippen molar-refractivity contribution in [1.82, 2.24) is 20.1 Å². The van der Waals surface area contributed by atoms with Gasteiger partial charge in [0.25, 0.3) is 0 Å². The molecule has 18 heavy (non-hydrogen) atoms. The van der Waals surface area contributed by atoms with Crippen molar-refractivity contribution < 1.29 is 9.53 Å². The van der Waals surface area contributed by atoms with Gasteiger partial charge in [0.2, 0.25) is 5.91 Å². The molecule has 0 radical (unpaired) electrons. The molecule has 0 spiro atoms. The van der Waals surface area contributed by atoms with Crippen LogP contribution < -0.4 is 11.1 Å². The van der Waals surface area contributed by atoms with E-state index in [1.54, 1.807) is 0 Å². The number of nitrogens with two attached hydrogens (primary N) is 1. The highest BCUT2D eigenvalue weighted by atomic mass is 16.5. The molecule has 0 unspecified atom stereocenters. The van der Waals surface area contributed by atoms with Crippen molar-refractivity contribution in [2.45, 2.75) is 32.4 Å². The quantitative estimate of drug-likeness (QED) is 0.621. The van der Waals surface area contributed by atoms with Crippen LogP contribution in [0.2, 0.25) is 0 Å². The number of ether oxygens (including phenoxy) is 1. The Morgan fingerprint density at radius 1 is 1.44 bits per heavy atom. The first kappa shape index (κ1) is 13.0. The van der Waals surface area contributed by atoms with Crippen LogP contribution in [-0.4, -0.2) is 40.4 Å². The predicted octanol–water partition coefficient (Wildman–Crippen LogP) is -0.794. The lowest BCUT2D eigenvalue weighted by atomic mass is 10.2. The third-order valence-corrected chi connectivity index (χ3v) is 2.89. The Morgan fingerprint density at radius 3 is 3.17 bits per heavy atom. The number of hydrogen-bond acceptors (Lipinski definition) is 5. The zero-order valence-electron chi connectivity index (χ0n) is 10.4. The van der Waals surface area contributed by atoms with Gasteiger partial charge in [0.15, 0.2) is 0 Å². The molecular weight excluding hydrogens is 234 g/mol. The predicted molar refractivity (Wildman–Crippen MR) is 64.7 cm³/mol. The van der Waals surface area contributed by atoms with Crippen LogP contribution >= 0.6 is 0 Å². The Kier molecular flexibility index (Phi) is 4.66. The maximum Gasteiger partial charge on any atom is 0.243 e. The van der Waals surface area contributed by atoms with Crippen LogP contribution in [0.3, 0.4) is 0 Å². The number of carbonyl (C=O) groups is 1. The number of fused-ring (bicyclic) bond motifs is 1. The van der Waals surface area contributed by atoms with Crippen molar-refractivity contribution in [3.05, 3.63) is 11.6 Å². The summed E-state index contributed by atoms with van der Waals surface area (Å²) < 4.78 is 7.23. The molecule has 100 valence electrons. The van der Waals surface area contributed by atoms with E-state index in [0.29, 0.717) is 19.7 Å². The first-order chi connectivity index (χ1) is 8.77. The molecule has 7 nitrogen and oxygen atoms in total. The van der Waals surface area contributed by atoms with Crippen LogP contribution in [0, 0.1) is 0 Å². The Hall–Kier alpha value is -1.47. The molecule has 1 aliphatic heterocycles. The van der Waals surface area contributed by atoms with Gasteiger partial charge in [-0.1, -0.05) is 0 Å². The Morgan fingerprint density at radius 2 is 2.33 bits per heavy atom. The third-order valence-electron chi connectivity index (χ3n) is 2.89. The number of amides is 1. The summed E-state index contributed by atoms with van der Waals surface area (Å²) in [6, 6.07) is 0. The van der Waals surface area contributed by atoms with Crippen LogP contribution in [-0.2, 0) is 29.0 Å². The van der Waals surface area contributed by atoms with Crippen molar-refractivity contribution in [2.24, 2.45) is 5.73 Å². The fraction of sp³-hybridized carbons (Fsp3) is 0.727. The van der Waals surface area contributed by atoms with Crippen LogP contribution in [0.1, 0.15) is 24.5 Å². The van der Waals surface area contributed by atoms with E-state index < -0.39 is 5.91 Å². The van der Waals surface area contributed by atoms with Crippen LogP contribution in [0.5, 0.6) is 0 Å². The minimum absolute atomic E-state index is 0.0258. The van der Waals surface area contributed by atoms with Crippen LogP contribution in [0.25, 0.3) is 0 Å². The molecule has 1 aromatic heterocycles. The first-order valence-corrected chi connectivity index (χ1v) is 6.25. The molecule has 0 aromatic carbocycles. The number of carbonyl (C=O) groups excluding carboxylic acids is 1. The van der Waals surface area contributed by atoms with Gasteiger partial charge in [-0.3, -0.25) is 4.79 Å². The number of rotatable bonds is 7. The van der Waals surface area contributed by atoms with Gasteiger partial charge in [0.05, 0.1) is 13.2 Å².